The second-order valence-corrected chi connectivity index (χ2v) is 8.32. The third kappa shape index (κ3) is 3.04. The van der Waals surface area contributed by atoms with Crippen molar-refractivity contribution in [2.75, 3.05) is 0 Å². The molecule has 0 saturated carbocycles. The van der Waals surface area contributed by atoms with Crippen molar-refractivity contribution in [2.45, 2.75) is 43.7 Å². The van der Waals surface area contributed by atoms with E-state index in [-0.39, 0.29) is 12.1 Å². The van der Waals surface area contributed by atoms with E-state index in [4.69, 9.17) is 0 Å². The van der Waals surface area contributed by atoms with Gasteiger partial charge in [0.25, 0.3) is 0 Å². The van der Waals surface area contributed by atoms with Crippen molar-refractivity contribution in [2.24, 2.45) is 0 Å². The van der Waals surface area contributed by atoms with Crippen molar-refractivity contribution in [1.82, 2.24) is 4.31 Å². The molecular formula is C20H23NO2S. The van der Waals surface area contributed by atoms with Gasteiger partial charge in [0.05, 0.1) is 10.9 Å². The number of aryl methyl sites for hydroxylation is 1. The molecule has 0 aromatic heterocycles. The summed E-state index contributed by atoms with van der Waals surface area (Å²) < 4.78 is 28.0. The third-order valence-electron chi connectivity index (χ3n) is 4.74. The van der Waals surface area contributed by atoms with Crippen molar-refractivity contribution in [1.29, 1.82) is 0 Å². The Morgan fingerprint density at radius 2 is 1.67 bits per heavy atom. The van der Waals surface area contributed by atoms with Gasteiger partial charge in [-0.25, -0.2) is 8.42 Å². The first-order valence-electron chi connectivity index (χ1n) is 8.25. The molecule has 4 heteroatoms. The molecule has 0 unspecified atom stereocenters. The van der Waals surface area contributed by atoms with Crippen molar-refractivity contribution in [3.8, 4) is 0 Å². The lowest BCUT2D eigenvalue weighted by Crippen LogP contribution is -2.40. The SMILES string of the molecule is C=C(c1ccccc1)[C@H]1CC[C@@H](C)N1S(=O)(=O)c1ccc(C)cc1. The van der Waals surface area contributed by atoms with Gasteiger partial charge in [0.15, 0.2) is 0 Å². The van der Waals surface area contributed by atoms with Gasteiger partial charge in [-0.3, -0.25) is 0 Å². The van der Waals surface area contributed by atoms with Crippen LogP contribution in [0.3, 0.4) is 0 Å². The van der Waals surface area contributed by atoms with Gasteiger partial charge in [-0.15, -0.1) is 0 Å². The standard InChI is InChI=1S/C20H23NO2S/c1-15-9-12-19(13-10-15)24(22,23)21-16(2)11-14-20(21)17(3)18-7-5-4-6-8-18/h4-10,12-13,16,20H,3,11,14H2,1-2H3/t16-,20-/m1/s1. The van der Waals surface area contributed by atoms with Crippen molar-refractivity contribution < 1.29 is 8.42 Å². The summed E-state index contributed by atoms with van der Waals surface area (Å²) >= 11 is 0. The Morgan fingerprint density at radius 1 is 1.04 bits per heavy atom. The lowest BCUT2D eigenvalue weighted by Gasteiger charge is -2.29. The number of nitrogens with zero attached hydrogens (tertiary/aromatic N) is 1. The Balaban J connectivity index is 1.97. The fraction of sp³-hybridized carbons (Fsp3) is 0.300. The van der Waals surface area contributed by atoms with Gasteiger partial charge >= 0.3 is 0 Å². The van der Waals surface area contributed by atoms with E-state index in [1.54, 1.807) is 16.4 Å². The Kier molecular flexibility index (Phi) is 4.61. The summed E-state index contributed by atoms with van der Waals surface area (Å²) in [7, 11) is -3.53. The van der Waals surface area contributed by atoms with E-state index >= 15 is 0 Å². The van der Waals surface area contributed by atoms with Gasteiger partial charge in [-0.05, 0) is 50.0 Å². The van der Waals surface area contributed by atoms with Crippen LogP contribution >= 0.6 is 0 Å². The third-order valence-corrected chi connectivity index (χ3v) is 6.78. The summed E-state index contributed by atoms with van der Waals surface area (Å²) in [5, 5.41) is 0. The topological polar surface area (TPSA) is 37.4 Å². The number of hydrogen-bond acceptors (Lipinski definition) is 2. The van der Waals surface area contributed by atoms with Crippen LogP contribution in [-0.2, 0) is 10.0 Å². The molecule has 0 aliphatic carbocycles. The smallest absolute Gasteiger partial charge is 0.207 e. The largest absolute Gasteiger partial charge is 0.243 e. The van der Waals surface area contributed by atoms with Crippen molar-refractivity contribution >= 4 is 15.6 Å². The zero-order valence-corrected chi connectivity index (χ0v) is 15.0. The maximum absolute atomic E-state index is 13.2. The van der Waals surface area contributed by atoms with Gasteiger partial charge in [0, 0.05) is 6.04 Å². The molecule has 0 bridgehead atoms. The van der Waals surface area contributed by atoms with Gasteiger partial charge < -0.3 is 0 Å². The highest BCUT2D eigenvalue weighted by atomic mass is 32.2. The molecule has 2 aromatic carbocycles. The Labute approximate surface area is 144 Å². The van der Waals surface area contributed by atoms with Crippen molar-refractivity contribution in [3.05, 3.63) is 72.3 Å². The zero-order valence-electron chi connectivity index (χ0n) is 14.1. The molecule has 0 spiro atoms. The quantitative estimate of drug-likeness (QED) is 0.834. The van der Waals surface area contributed by atoms with Crippen LogP contribution < -0.4 is 0 Å². The molecule has 1 aliphatic rings. The predicted molar refractivity (Wildman–Crippen MR) is 98.2 cm³/mol. The lowest BCUT2D eigenvalue weighted by molar-refractivity contribution is 0.375. The van der Waals surface area contributed by atoms with E-state index in [0.717, 1.165) is 29.5 Å². The summed E-state index contributed by atoms with van der Waals surface area (Å²) in [5.41, 5.74) is 2.92. The van der Waals surface area contributed by atoms with Crippen LogP contribution in [0.4, 0.5) is 0 Å². The average molecular weight is 341 g/mol. The second kappa shape index (κ2) is 6.54. The number of rotatable bonds is 4. The molecule has 2 aromatic rings. The highest BCUT2D eigenvalue weighted by Crippen LogP contribution is 2.37. The molecule has 1 fully saturated rings. The molecule has 24 heavy (non-hydrogen) atoms. The van der Waals surface area contributed by atoms with E-state index in [0.29, 0.717) is 4.90 Å². The number of benzene rings is 2. The normalized spacial score (nSPS) is 21.8. The Morgan fingerprint density at radius 3 is 2.29 bits per heavy atom. The van der Waals surface area contributed by atoms with Gasteiger partial charge in [-0.1, -0.05) is 54.6 Å². The first-order chi connectivity index (χ1) is 11.4. The van der Waals surface area contributed by atoms with Crippen LogP contribution in [0.15, 0.2) is 66.1 Å². The maximum atomic E-state index is 13.2. The number of hydrogen-bond donors (Lipinski definition) is 0. The van der Waals surface area contributed by atoms with Crippen LogP contribution in [-0.4, -0.2) is 24.8 Å². The first-order valence-corrected chi connectivity index (χ1v) is 9.69. The summed E-state index contributed by atoms with van der Waals surface area (Å²) in [5.74, 6) is 0. The van der Waals surface area contributed by atoms with Crippen LogP contribution in [0, 0.1) is 6.92 Å². The summed E-state index contributed by atoms with van der Waals surface area (Å²) in [6.07, 6.45) is 1.65. The zero-order chi connectivity index (χ0) is 17.3. The van der Waals surface area contributed by atoms with E-state index in [2.05, 4.69) is 6.58 Å². The average Bonchev–Trinajstić information content (AvgIpc) is 2.98. The fourth-order valence-corrected chi connectivity index (χ4v) is 5.24. The van der Waals surface area contributed by atoms with Crippen LogP contribution in [0.2, 0.25) is 0 Å². The molecule has 1 aliphatic heterocycles. The van der Waals surface area contributed by atoms with Crippen molar-refractivity contribution in [3.63, 3.8) is 0 Å². The summed E-state index contributed by atoms with van der Waals surface area (Å²) in [4.78, 5) is 0.354. The second-order valence-electron chi connectivity index (χ2n) is 6.48. The maximum Gasteiger partial charge on any atom is 0.243 e. The van der Waals surface area contributed by atoms with Crippen LogP contribution in [0.1, 0.15) is 30.9 Å². The molecule has 3 rings (SSSR count). The molecule has 3 nitrogen and oxygen atoms in total. The monoisotopic (exact) mass is 341 g/mol. The van der Waals surface area contributed by atoms with E-state index in [9.17, 15) is 8.42 Å². The Bertz CT molecular complexity index is 826. The predicted octanol–water partition coefficient (Wildman–Crippen LogP) is 4.25. The van der Waals surface area contributed by atoms with Gasteiger partial charge in [0.2, 0.25) is 10.0 Å². The highest BCUT2D eigenvalue weighted by molar-refractivity contribution is 7.89. The highest BCUT2D eigenvalue weighted by Gasteiger charge is 2.41. The Hall–Kier alpha value is -1.91. The molecule has 0 radical (unpaired) electrons. The van der Waals surface area contributed by atoms with Crippen LogP contribution in [0.25, 0.3) is 5.57 Å². The fourth-order valence-electron chi connectivity index (χ4n) is 3.37. The molecule has 2 atom stereocenters. The molecule has 1 heterocycles. The molecule has 0 N–H and O–H groups in total. The minimum atomic E-state index is -3.53. The van der Waals surface area contributed by atoms with E-state index in [1.165, 1.54) is 0 Å². The minimum Gasteiger partial charge on any atom is -0.207 e. The van der Waals surface area contributed by atoms with Gasteiger partial charge in [-0.2, -0.15) is 4.31 Å². The lowest BCUT2D eigenvalue weighted by atomic mass is 9.99. The van der Waals surface area contributed by atoms with E-state index in [1.807, 2.05) is 56.3 Å². The molecule has 126 valence electrons. The van der Waals surface area contributed by atoms with Gasteiger partial charge in [0.1, 0.15) is 0 Å². The number of sulfonamides is 1. The molecule has 0 amide bonds. The summed E-state index contributed by atoms with van der Waals surface area (Å²) in [6.45, 7) is 8.14. The molecular weight excluding hydrogens is 318 g/mol. The van der Waals surface area contributed by atoms with E-state index < -0.39 is 10.0 Å². The summed E-state index contributed by atoms with van der Waals surface area (Å²) in [6, 6.07) is 16.7. The van der Waals surface area contributed by atoms with Crippen LogP contribution in [0.5, 0.6) is 0 Å². The minimum absolute atomic E-state index is 0.0261. The molecule has 1 saturated heterocycles. The first kappa shape index (κ1) is 16.9.